The molecule has 0 amide bonds. The standard InChI is InChI=1S/C12H17ClN2/c1-8-5-6-14-12(13)11(8)15-9(2)7-10-3-4-10/h5-6,9-10,15H,3-4,7H2,1-2H3. The van der Waals surface area contributed by atoms with Gasteiger partial charge in [0.2, 0.25) is 0 Å². The second-order valence-electron chi connectivity index (χ2n) is 4.52. The Balaban J connectivity index is 2.01. The molecule has 3 heteroatoms. The number of nitrogens with zero attached hydrogens (tertiary/aromatic N) is 1. The van der Waals surface area contributed by atoms with Crippen molar-refractivity contribution >= 4 is 17.3 Å². The number of hydrogen-bond donors (Lipinski definition) is 1. The van der Waals surface area contributed by atoms with E-state index in [1.807, 2.05) is 6.07 Å². The van der Waals surface area contributed by atoms with Crippen molar-refractivity contribution in [2.45, 2.75) is 39.2 Å². The molecule has 1 aromatic rings. The lowest BCUT2D eigenvalue weighted by molar-refractivity contribution is 0.641. The van der Waals surface area contributed by atoms with Gasteiger partial charge in [-0.25, -0.2) is 4.98 Å². The Hall–Kier alpha value is -0.760. The molecule has 1 aliphatic carbocycles. The Morgan fingerprint density at radius 2 is 2.33 bits per heavy atom. The van der Waals surface area contributed by atoms with Crippen LogP contribution in [0.2, 0.25) is 5.15 Å². The summed E-state index contributed by atoms with van der Waals surface area (Å²) in [4.78, 5) is 4.09. The summed E-state index contributed by atoms with van der Waals surface area (Å²) in [7, 11) is 0. The van der Waals surface area contributed by atoms with Gasteiger partial charge in [-0.2, -0.15) is 0 Å². The van der Waals surface area contributed by atoms with Crippen LogP contribution in [-0.2, 0) is 0 Å². The average Bonchev–Trinajstić information content (AvgIpc) is 2.95. The fourth-order valence-electron chi connectivity index (χ4n) is 1.86. The van der Waals surface area contributed by atoms with Crippen molar-refractivity contribution in [3.8, 4) is 0 Å². The lowest BCUT2D eigenvalue weighted by Gasteiger charge is -2.17. The van der Waals surface area contributed by atoms with Crippen molar-refractivity contribution in [1.29, 1.82) is 0 Å². The number of pyridine rings is 1. The van der Waals surface area contributed by atoms with E-state index in [0.29, 0.717) is 11.2 Å². The summed E-state index contributed by atoms with van der Waals surface area (Å²) >= 11 is 6.05. The zero-order valence-corrected chi connectivity index (χ0v) is 10.0. The minimum atomic E-state index is 0.484. The molecule has 0 aliphatic heterocycles. The number of nitrogens with one attached hydrogen (secondary N) is 1. The summed E-state index contributed by atoms with van der Waals surface area (Å²) in [6, 6.07) is 2.47. The maximum atomic E-state index is 6.05. The normalized spacial score (nSPS) is 17.5. The van der Waals surface area contributed by atoms with E-state index in [1.165, 1.54) is 19.3 Å². The van der Waals surface area contributed by atoms with Crippen LogP contribution in [0.25, 0.3) is 0 Å². The van der Waals surface area contributed by atoms with E-state index in [0.717, 1.165) is 17.2 Å². The molecule has 2 rings (SSSR count). The summed E-state index contributed by atoms with van der Waals surface area (Å²) in [6.07, 6.45) is 5.77. The van der Waals surface area contributed by atoms with Crippen LogP contribution in [0.4, 0.5) is 5.69 Å². The molecule has 0 radical (unpaired) electrons. The third-order valence-corrected chi connectivity index (χ3v) is 3.17. The van der Waals surface area contributed by atoms with Gasteiger partial charge in [0.1, 0.15) is 0 Å². The van der Waals surface area contributed by atoms with Gasteiger partial charge < -0.3 is 5.32 Å². The number of halogens is 1. The highest BCUT2D eigenvalue weighted by Crippen LogP contribution is 2.34. The van der Waals surface area contributed by atoms with Crippen molar-refractivity contribution in [2.75, 3.05) is 5.32 Å². The van der Waals surface area contributed by atoms with Gasteiger partial charge in [-0.1, -0.05) is 24.4 Å². The fourth-order valence-corrected chi connectivity index (χ4v) is 2.12. The van der Waals surface area contributed by atoms with Crippen LogP contribution in [0.15, 0.2) is 12.3 Å². The first-order valence-corrected chi connectivity index (χ1v) is 5.92. The molecule has 1 atom stereocenters. The fraction of sp³-hybridized carbons (Fsp3) is 0.583. The van der Waals surface area contributed by atoms with Gasteiger partial charge >= 0.3 is 0 Å². The third kappa shape index (κ3) is 2.85. The molecule has 1 heterocycles. The molecule has 1 unspecified atom stereocenters. The highest BCUT2D eigenvalue weighted by atomic mass is 35.5. The maximum Gasteiger partial charge on any atom is 0.152 e. The van der Waals surface area contributed by atoms with Crippen LogP contribution in [0, 0.1) is 12.8 Å². The van der Waals surface area contributed by atoms with Crippen LogP contribution in [-0.4, -0.2) is 11.0 Å². The number of hydrogen-bond acceptors (Lipinski definition) is 2. The van der Waals surface area contributed by atoms with Gasteiger partial charge in [0.25, 0.3) is 0 Å². The van der Waals surface area contributed by atoms with Gasteiger partial charge in [-0.15, -0.1) is 0 Å². The number of aryl methyl sites for hydroxylation is 1. The highest BCUT2D eigenvalue weighted by Gasteiger charge is 2.23. The molecule has 1 aromatic heterocycles. The number of anilines is 1. The molecular weight excluding hydrogens is 208 g/mol. The van der Waals surface area contributed by atoms with Gasteiger partial charge in [0, 0.05) is 12.2 Å². The van der Waals surface area contributed by atoms with Crippen molar-refractivity contribution < 1.29 is 0 Å². The zero-order chi connectivity index (χ0) is 10.8. The largest absolute Gasteiger partial charge is 0.380 e. The monoisotopic (exact) mass is 224 g/mol. The molecule has 82 valence electrons. The van der Waals surface area contributed by atoms with E-state index < -0.39 is 0 Å². The van der Waals surface area contributed by atoms with E-state index in [1.54, 1.807) is 6.20 Å². The van der Waals surface area contributed by atoms with E-state index in [-0.39, 0.29) is 0 Å². The maximum absolute atomic E-state index is 6.05. The van der Waals surface area contributed by atoms with Gasteiger partial charge in [-0.3, -0.25) is 0 Å². The molecule has 0 aromatic carbocycles. The van der Waals surface area contributed by atoms with Gasteiger partial charge in [0.15, 0.2) is 5.15 Å². The molecule has 1 saturated carbocycles. The first-order valence-electron chi connectivity index (χ1n) is 5.54. The van der Waals surface area contributed by atoms with Crippen molar-refractivity contribution in [2.24, 2.45) is 5.92 Å². The van der Waals surface area contributed by atoms with E-state index >= 15 is 0 Å². The van der Waals surface area contributed by atoms with Crippen LogP contribution >= 0.6 is 11.6 Å². The third-order valence-electron chi connectivity index (χ3n) is 2.89. The van der Waals surface area contributed by atoms with Crippen molar-refractivity contribution in [3.63, 3.8) is 0 Å². The molecule has 1 aliphatic rings. The van der Waals surface area contributed by atoms with Crippen LogP contribution in [0.5, 0.6) is 0 Å². The molecule has 1 fully saturated rings. The lowest BCUT2D eigenvalue weighted by Crippen LogP contribution is -2.17. The Kier molecular flexibility index (Phi) is 3.15. The van der Waals surface area contributed by atoms with E-state index in [2.05, 4.69) is 24.1 Å². The molecule has 15 heavy (non-hydrogen) atoms. The second kappa shape index (κ2) is 4.40. The first kappa shape index (κ1) is 10.7. The van der Waals surface area contributed by atoms with Crippen molar-refractivity contribution in [1.82, 2.24) is 4.98 Å². The highest BCUT2D eigenvalue weighted by molar-refractivity contribution is 6.32. The summed E-state index contributed by atoms with van der Waals surface area (Å²) < 4.78 is 0. The minimum absolute atomic E-state index is 0.484. The Morgan fingerprint density at radius 3 is 2.93 bits per heavy atom. The Bertz CT molecular complexity index is 327. The zero-order valence-electron chi connectivity index (χ0n) is 9.26. The lowest BCUT2D eigenvalue weighted by atomic mass is 10.1. The summed E-state index contributed by atoms with van der Waals surface area (Å²) in [5, 5.41) is 4.04. The smallest absolute Gasteiger partial charge is 0.152 e. The predicted octanol–water partition coefficient (Wildman–Crippen LogP) is 3.64. The van der Waals surface area contributed by atoms with Crippen LogP contribution < -0.4 is 5.32 Å². The summed E-state index contributed by atoms with van der Waals surface area (Å²) in [6.45, 7) is 4.26. The predicted molar refractivity (Wildman–Crippen MR) is 64.4 cm³/mol. The van der Waals surface area contributed by atoms with Crippen LogP contribution in [0.1, 0.15) is 31.7 Å². The molecule has 2 nitrogen and oxygen atoms in total. The van der Waals surface area contributed by atoms with Gasteiger partial charge in [-0.05, 0) is 37.8 Å². The van der Waals surface area contributed by atoms with E-state index in [9.17, 15) is 0 Å². The number of aromatic nitrogens is 1. The quantitative estimate of drug-likeness (QED) is 0.790. The Labute approximate surface area is 96.1 Å². The average molecular weight is 225 g/mol. The molecule has 0 saturated heterocycles. The second-order valence-corrected chi connectivity index (χ2v) is 4.88. The summed E-state index contributed by atoms with van der Waals surface area (Å²) in [5.74, 6) is 0.934. The van der Waals surface area contributed by atoms with Crippen molar-refractivity contribution in [3.05, 3.63) is 23.0 Å². The SMILES string of the molecule is Cc1ccnc(Cl)c1NC(C)CC1CC1. The topological polar surface area (TPSA) is 24.9 Å². The van der Waals surface area contributed by atoms with Crippen LogP contribution in [0.3, 0.4) is 0 Å². The minimum Gasteiger partial charge on any atom is -0.380 e. The molecule has 0 bridgehead atoms. The summed E-state index contributed by atoms with van der Waals surface area (Å²) in [5.41, 5.74) is 2.16. The first-order chi connectivity index (χ1) is 7.16. The molecular formula is C12H17ClN2. The number of rotatable bonds is 4. The molecule has 1 N–H and O–H groups in total. The molecule has 0 spiro atoms. The van der Waals surface area contributed by atoms with E-state index in [4.69, 9.17) is 11.6 Å². The Morgan fingerprint density at radius 1 is 1.60 bits per heavy atom. The van der Waals surface area contributed by atoms with Gasteiger partial charge in [0.05, 0.1) is 5.69 Å².